The van der Waals surface area contributed by atoms with Crippen molar-refractivity contribution in [2.24, 2.45) is 11.5 Å². The Labute approximate surface area is 137 Å². The Bertz CT molecular complexity index is 259. The maximum Gasteiger partial charge on any atom is 0.320 e. The summed E-state index contributed by atoms with van der Waals surface area (Å²) in [6.07, 6.45) is 16.7. The minimum absolute atomic E-state index is 0.204. The van der Waals surface area contributed by atoms with Gasteiger partial charge in [0.15, 0.2) is 0 Å². The van der Waals surface area contributed by atoms with E-state index in [1.807, 2.05) is 0 Å². The predicted molar refractivity (Wildman–Crippen MR) is 93.9 cm³/mol. The molecule has 1 unspecified atom stereocenters. The Morgan fingerprint density at radius 2 is 1.23 bits per heavy atom. The van der Waals surface area contributed by atoms with E-state index in [2.05, 4.69) is 6.92 Å². The predicted octanol–water partition coefficient (Wildman–Crippen LogP) is 4.21. The van der Waals surface area contributed by atoms with Gasteiger partial charge in [-0.05, 0) is 25.7 Å². The van der Waals surface area contributed by atoms with Gasteiger partial charge in [0.25, 0.3) is 0 Å². The highest BCUT2D eigenvalue weighted by atomic mass is 16.4. The first kappa shape index (κ1) is 21.4. The second-order valence-electron chi connectivity index (χ2n) is 6.61. The molecule has 2 atom stereocenters. The quantitative estimate of drug-likeness (QED) is 0.372. The van der Waals surface area contributed by atoms with Gasteiger partial charge in [-0.25, -0.2) is 0 Å². The van der Waals surface area contributed by atoms with E-state index in [4.69, 9.17) is 16.6 Å². The molecule has 0 saturated heterocycles. The van der Waals surface area contributed by atoms with E-state index in [9.17, 15) is 4.79 Å². The zero-order valence-corrected chi connectivity index (χ0v) is 14.6. The molecule has 0 spiro atoms. The third-order valence-electron chi connectivity index (χ3n) is 4.34. The second-order valence-corrected chi connectivity index (χ2v) is 6.61. The van der Waals surface area contributed by atoms with Crippen molar-refractivity contribution < 1.29 is 9.90 Å². The molecule has 0 aliphatic heterocycles. The molecule has 22 heavy (non-hydrogen) atoms. The van der Waals surface area contributed by atoms with Crippen LogP contribution in [-0.2, 0) is 4.79 Å². The van der Waals surface area contributed by atoms with E-state index < -0.39 is 12.0 Å². The number of unbranched alkanes of at least 4 members (excludes halogenated alkanes) is 9. The first-order chi connectivity index (χ1) is 10.6. The molecule has 0 bridgehead atoms. The molecule has 0 aliphatic carbocycles. The van der Waals surface area contributed by atoms with Gasteiger partial charge in [-0.15, -0.1) is 0 Å². The Hall–Kier alpha value is -0.610. The summed E-state index contributed by atoms with van der Waals surface area (Å²) in [6.45, 7) is 2.26. The van der Waals surface area contributed by atoms with Crippen LogP contribution in [0.5, 0.6) is 0 Å². The molecular formula is C18H38N2O2. The minimum atomic E-state index is -0.914. The number of hydrogen-bond acceptors (Lipinski definition) is 3. The maximum absolute atomic E-state index is 10.6. The van der Waals surface area contributed by atoms with Crippen molar-refractivity contribution in [1.82, 2.24) is 0 Å². The van der Waals surface area contributed by atoms with Crippen LogP contribution in [0.15, 0.2) is 0 Å². The SMILES string of the molecule is CCCCCCCCCCCCC(N)CCC[C@H](N)C(=O)O. The molecule has 0 aliphatic rings. The molecule has 0 radical (unpaired) electrons. The summed E-state index contributed by atoms with van der Waals surface area (Å²) >= 11 is 0. The minimum Gasteiger partial charge on any atom is -0.480 e. The Kier molecular flexibility index (Phi) is 14.9. The number of carboxylic acid groups (broad SMARTS) is 1. The molecular weight excluding hydrogens is 276 g/mol. The van der Waals surface area contributed by atoms with Crippen molar-refractivity contribution in [2.75, 3.05) is 0 Å². The van der Waals surface area contributed by atoms with Crippen LogP contribution in [0.25, 0.3) is 0 Å². The number of carbonyl (C=O) groups is 1. The lowest BCUT2D eigenvalue weighted by Gasteiger charge is -2.12. The molecule has 0 fully saturated rings. The van der Waals surface area contributed by atoms with Gasteiger partial charge in [-0.3, -0.25) is 4.79 Å². The lowest BCUT2D eigenvalue weighted by molar-refractivity contribution is -0.138. The molecule has 132 valence electrons. The number of aliphatic carboxylic acids is 1. The monoisotopic (exact) mass is 314 g/mol. The van der Waals surface area contributed by atoms with E-state index >= 15 is 0 Å². The highest BCUT2D eigenvalue weighted by Gasteiger charge is 2.11. The van der Waals surface area contributed by atoms with E-state index in [1.165, 1.54) is 64.2 Å². The highest BCUT2D eigenvalue weighted by Crippen LogP contribution is 2.13. The number of rotatable bonds is 16. The third-order valence-corrected chi connectivity index (χ3v) is 4.34. The zero-order chi connectivity index (χ0) is 16.6. The summed E-state index contributed by atoms with van der Waals surface area (Å²) in [5, 5.41) is 8.70. The highest BCUT2D eigenvalue weighted by molar-refractivity contribution is 5.72. The fraction of sp³-hybridized carbons (Fsp3) is 0.944. The van der Waals surface area contributed by atoms with Crippen molar-refractivity contribution in [2.45, 2.75) is 109 Å². The van der Waals surface area contributed by atoms with Crippen LogP contribution < -0.4 is 11.5 Å². The fourth-order valence-corrected chi connectivity index (χ4v) is 2.76. The molecule has 0 amide bonds. The van der Waals surface area contributed by atoms with Gasteiger partial charge in [0, 0.05) is 6.04 Å². The molecule has 4 heteroatoms. The van der Waals surface area contributed by atoms with Crippen LogP contribution in [0.2, 0.25) is 0 Å². The zero-order valence-electron chi connectivity index (χ0n) is 14.6. The normalized spacial score (nSPS) is 14.0. The van der Waals surface area contributed by atoms with Gasteiger partial charge in [-0.2, -0.15) is 0 Å². The Morgan fingerprint density at radius 1 is 0.773 bits per heavy atom. The summed E-state index contributed by atoms with van der Waals surface area (Å²) in [6, 6.07) is -0.528. The van der Waals surface area contributed by atoms with Crippen molar-refractivity contribution in [3.63, 3.8) is 0 Å². The van der Waals surface area contributed by atoms with Crippen molar-refractivity contribution in [1.29, 1.82) is 0 Å². The largest absolute Gasteiger partial charge is 0.480 e. The van der Waals surface area contributed by atoms with Gasteiger partial charge >= 0.3 is 5.97 Å². The Morgan fingerprint density at radius 3 is 1.73 bits per heavy atom. The van der Waals surface area contributed by atoms with Crippen LogP contribution in [0, 0.1) is 0 Å². The average molecular weight is 315 g/mol. The van der Waals surface area contributed by atoms with Gasteiger partial charge in [-0.1, -0.05) is 71.1 Å². The van der Waals surface area contributed by atoms with Gasteiger partial charge in [0.2, 0.25) is 0 Å². The lowest BCUT2D eigenvalue weighted by atomic mass is 10.0. The Balaban J connectivity index is 3.25. The van der Waals surface area contributed by atoms with Gasteiger partial charge in [0.1, 0.15) is 6.04 Å². The van der Waals surface area contributed by atoms with Crippen LogP contribution in [0.4, 0.5) is 0 Å². The first-order valence-corrected chi connectivity index (χ1v) is 9.31. The molecule has 5 N–H and O–H groups in total. The van der Waals surface area contributed by atoms with Crippen LogP contribution in [0.3, 0.4) is 0 Å². The van der Waals surface area contributed by atoms with E-state index in [1.54, 1.807) is 0 Å². The standard InChI is InChI=1S/C18H38N2O2/c1-2-3-4-5-6-7-8-9-10-11-13-16(19)14-12-15-17(20)18(21)22/h16-17H,2-15,19-20H2,1H3,(H,21,22)/t16?,17-/m0/s1. The van der Waals surface area contributed by atoms with E-state index in [-0.39, 0.29) is 6.04 Å². The topological polar surface area (TPSA) is 89.3 Å². The smallest absolute Gasteiger partial charge is 0.320 e. The second kappa shape index (κ2) is 15.3. The van der Waals surface area contributed by atoms with E-state index in [0.717, 1.165) is 19.3 Å². The van der Waals surface area contributed by atoms with E-state index in [0.29, 0.717) is 6.42 Å². The van der Waals surface area contributed by atoms with Crippen molar-refractivity contribution in [3.05, 3.63) is 0 Å². The number of hydrogen-bond donors (Lipinski definition) is 3. The van der Waals surface area contributed by atoms with Crippen molar-refractivity contribution in [3.8, 4) is 0 Å². The molecule has 4 nitrogen and oxygen atoms in total. The summed E-state index contributed by atoms with van der Waals surface area (Å²) in [7, 11) is 0. The number of nitrogens with two attached hydrogens (primary N) is 2. The average Bonchev–Trinajstić information content (AvgIpc) is 2.49. The molecule has 0 saturated carbocycles. The number of carboxylic acids is 1. The van der Waals surface area contributed by atoms with Gasteiger partial charge in [0.05, 0.1) is 0 Å². The summed E-state index contributed by atoms with van der Waals surface area (Å²) in [5.74, 6) is -0.914. The molecule has 0 heterocycles. The first-order valence-electron chi connectivity index (χ1n) is 9.31. The van der Waals surface area contributed by atoms with Gasteiger partial charge < -0.3 is 16.6 Å². The maximum atomic E-state index is 10.6. The lowest BCUT2D eigenvalue weighted by Crippen LogP contribution is -2.30. The molecule has 0 aromatic carbocycles. The summed E-state index contributed by atoms with van der Waals surface area (Å²) in [5.41, 5.74) is 11.5. The molecule has 0 rings (SSSR count). The summed E-state index contributed by atoms with van der Waals surface area (Å²) < 4.78 is 0. The molecule has 0 aromatic heterocycles. The third kappa shape index (κ3) is 14.3. The van der Waals surface area contributed by atoms with Crippen molar-refractivity contribution >= 4 is 5.97 Å². The van der Waals surface area contributed by atoms with Crippen LogP contribution in [0.1, 0.15) is 96.8 Å². The van der Waals surface area contributed by atoms with Crippen LogP contribution in [-0.4, -0.2) is 23.2 Å². The summed E-state index contributed by atoms with van der Waals surface area (Å²) in [4.78, 5) is 10.6. The molecule has 0 aromatic rings. The fourth-order valence-electron chi connectivity index (χ4n) is 2.76. The van der Waals surface area contributed by atoms with Crippen LogP contribution >= 0.6 is 0 Å².